The van der Waals surface area contributed by atoms with Crippen LogP contribution in [0.1, 0.15) is 52.8 Å². The highest BCUT2D eigenvalue weighted by Crippen LogP contribution is 2.52. The molecule has 4 rings (SSSR count). The summed E-state index contributed by atoms with van der Waals surface area (Å²) < 4.78 is 25.9. The van der Waals surface area contributed by atoms with Gasteiger partial charge in [-0.3, -0.25) is 4.79 Å². The lowest BCUT2D eigenvalue weighted by Crippen LogP contribution is -2.37. The molecule has 1 saturated carbocycles. The molecule has 0 radical (unpaired) electrons. The molecule has 10 nitrogen and oxygen atoms in total. The Morgan fingerprint density at radius 1 is 1.21 bits per heavy atom. The molecular formula is C19H17NO9. The van der Waals surface area contributed by atoms with E-state index in [4.69, 9.17) is 24.4 Å². The zero-order valence-electron chi connectivity index (χ0n) is 15.5. The number of methoxy groups -OCH3 is 1. The minimum atomic E-state index is -1.06. The quantitative estimate of drug-likeness (QED) is 0.430. The van der Waals surface area contributed by atoms with Crippen LogP contribution in [-0.4, -0.2) is 36.6 Å². The van der Waals surface area contributed by atoms with Crippen molar-refractivity contribution in [3.63, 3.8) is 0 Å². The molecule has 2 aromatic heterocycles. The zero-order chi connectivity index (χ0) is 20.9. The van der Waals surface area contributed by atoms with Crippen LogP contribution in [0.5, 0.6) is 11.5 Å². The Labute approximate surface area is 163 Å². The molecule has 2 aliphatic rings. The fourth-order valence-corrected chi connectivity index (χ4v) is 3.79. The molecule has 0 saturated heterocycles. The van der Waals surface area contributed by atoms with Crippen molar-refractivity contribution in [2.24, 2.45) is 5.73 Å². The zero-order valence-corrected chi connectivity index (χ0v) is 15.5. The van der Waals surface area contributed by atoms with Crippen LogP contribution in [0.3, 0.4) is 0 Å². The summed E-state index contributed by atoms with van der Waals surface area (Å²) in [5.74, 6) is -3.39. The van der Waals surface area contributed by atoms with Gasteiger partial charge in [0.1, 0.15) is 22.4 Å². The van der Waals surface area contributed by atoms with Crippen molar-refractivity contribution in [1.29, 1.82) is 0 Å². The number of nitrogens with two attached hydrogens (primary N) is 1. The first-order chi connectivity index (χ1) is 13.8. The first kappa shape index (κ1) is 18.8. The Hall–Kier alpha value is -3.56. The number of fused-ring (bicyclic) bond motifs is 1. The molecule has 29 heavy (non-hydrogen) atoms. The largest absolute Gasteiger partial charge is 0.465 e. The van der Waals surface area contributed by atoms with Crippen molar-refractivity contribution in [3.8, 4) is 11.5 Å². The average molecular weight is 403 g/mol. The Bertz CT molecular complexity index is 1060. The summed E-state index contributed by atoms with van der Waals surface area (Å²) in [7, 11) is 1.15. The molecule has 2 N–H and O–H groups in total. The van der Waals surface area contributed by atoms with Gasteiger partial charge in [0.05, 0.1) is 13.5 Å². The summed E-state index contributed by atoms with van der Waals surface area (Å²) in [4.78, 5) is 48.6. The van der Waals surface area contributed by atoms with Crippen LogP contribution in [0, 0.1) is 0 Å². The molecule has 10 heteroatoms. The van der Waals surface area contributed by atoms with E-state index in [9.17, 15) is 19.2 Å². The molecule has 0 unspecified atom stereocenters. The van der Waals surface area contributed by atoms with E-state index in [0.29, 0.717) is 12.8 Å². The molecule has 0 amide bonds. The highest BCUT2D eigenvalue weighted by Gasteiger charge is 2.45. The van der Waals surface area contributed by atoms with E-state index in [1.54, 1.807) is 0 Å². The lowest BCUT2D eigenvalue weighted by atomic mass is 9.97. The predicted octanol–water partition coefficient (Wildman–Crippen LogP) is 1.81. The third-order valence-corrected chi connectivity index (χ3v) is 5.08. The number of hydrogen-bond donors (Lipinski definition) is 1. The van der Waals surface area contributed by atoms with Gasteiger partial charge in [-0.2, -0.15) is 0 Å². The van der Waals surface area contributed by atoms with Crippen molar-refractivity contribution >= 4 is 35.0 Å². The molecule has 0 aromatic carbocycles. The maximum Gasteiger partial charge on any atom is 0.354 e. The van der Waals surface area contributed by atoms with Gasteiger partial charge in [-0.15, -0.1) is 0 Å². The maximum absolute atomic E-state index is 12.6. The van der Waals surface area contributed by atoms with E-state index in [2.05, 4.69) is 11.3 Å². The standard InChI is InChI=1S/C19H17NO9/c1-8(20)16(22)29-19(5-3-4-6-19)7-9(21)26-14-12-10(17(23)25-2)11-13(27-12)15(14)28-18(11)24/h1,3-7,20H2,2H3. The van der Waals surface area contributed by atoms with E-state index in [1.807, 2.05) is 0 Å². The summed E-state index contributed by atoms with van der Waals surface area (Å²) in [6.07, 6.45) is 2.21. The number of furan rings is 2. The van der Waals surface area contributed by atoms with Crippen LogP contribution >= 0.6 is 0 Å². The SMILES string of the molecule is C=C(N)C(=O)OC1(CC(=O)Oc2c3c4oc2c(C(=O)OC)c4C(=O)O3)CCCC1. The summed E-state index contributed by atoms with van der Waals surface area (Å²) >= 11 is 0. The van der Waals surface area contributed by atoms with Crippen LogP contribution in [0.4, 0.5) is 0 Å². The first-order valence-electron chi connectivity index (χ1n) is 8.87. The van der Waals surface area contributed by atoms with Crippen molar-refractivity contribution < 1.29 is 42.5 Å². The molecule has 0 spiro atoms. The van der Waals surface area contributed by atoms with Gasteiger partial charge < -0.3 is 29.1 Å². The van der Waals surface area contributed by atoms with Crippen LogP contribution in [0.15, 0.2) is 16.7 Å². The van der Waals surface area contributed by atoms with Crippen molar-refractivity contribution in [1.82, 2.24) is 0 Å². The number of carbonyl (C=O) groups is 4. The van der Waals surface area contributed by atoms with E-state index in [-0.39, 0.29) is 45.9 Å². The summed E-state index contributed by atoms with van der Waals surface area (Å²) in [5, 5.41) is 0. The van der Waals surface area contributed by atoms with E-state index in [0.717, 1.165) is 20.0 Å². The van der Waals surface area contributed by atoms with Gasteiger partial charge in [0.25, 0.3) is 0 Å². The molecule has 1 fully saturated rings. The van der Waals surface area contributed by atoms with E-state index < -0.39 is 29.5 Å². The third kappa shape index (κ3) is 2.87. The summed E-state index contributed by atoms with van der Waals surface area (Å²) in [6.45, 7) is 3.34. The highest BCUT2D eigenvalue weighted by atomic mass is 16.6. The van der Waals surface area contributed by atoms with Crippen LogP contribution in [0.25, 0.3) is 11.2 Å². The predicted molar refractivity (Wildman–Crippen MR) is 94.6 cm³/mol. The number of ether oxygens (including phenoxy) is 4. The molecule has 3 heterocycles. The normalized spacial score (nSPS) is 16.7. The van der Waals surface area contributed by atoms with Crippen LogP contribution in [-0.2, 0) is 19.1 Å². The van der Waals surface area contributed by atoms with Crippen LogP contribution in [0.2, 0.25) is 0 Å². The lowest BCUT2D eigenvalue weighted by Gasteiger charge is -2.28. The fourth-order valence-electron chi connectivity index (χ4n) is 3.79. The van der Waals surface area contributed by atoms with E-state index in [1.165, 1.54) is 0 Å². The molecule has 0 atom stereocenters. The van der Waals surface area contributed by atoms with Gasteiger partial charge in [-0.1, -0.05) is 6.58 Å². The number of rotatable bonds is 6. The number of benzene rings is 1. The van der Waals surface area contributed by atoms with Crippen molar-refractivity contribution in [2.75, 3.05) is 7.11 Å². The summed E-state index contributed by atoms with van der Waals surface area (Å²) in [6, 6.07) is 0. The average Bonchev–Trinajstić information content (AvgIpc) is 3.39. The summed E-state index contributed by atoms with van der Waals surface area (Å²) in [5.41, 5.74) is 3.76. The number of esters is 4. The molecule has 152 valence electrons. The molecule has 2 bridgehead atoms. The highest BCUT2D eigenvalue weighted by molar-refractivity contribution is 6.20. The second-order valence-electron chi connectivity index (χ2n) is 7.01. The lowest BCUT2D eigenvalue weighted by molar-refractivity contribution is -0.159. The Balaban J connectivity index is 1.59. The Morgan fingerprint density at radius 3 is 2.52 bits per heavy atom. The number of carbonyl (C=O) groups excluding carboxylic acids is 4. The Morgan fingerprint density at radius 2 is 1.90 bits per heavy atom. The fraction of sp³-hybridized carbons (Fsp3) is 0.368. The third-order valence-electron chi connectivity index (χ3n) is 5.08. The van der Waals surface area contributed by atoms with Gasteiger partial charge in [0, 0.05) is 0 Å². The van der Waals surface area contributed by atoms with Crippen molar-refractivity contribution in [3.05, 3.63) is 23.4 Å². The molecule has 2 aromatic rings. The molecule has 1 aliphatic carbocycles. The molecule has 1 aliphatic heterocycles. The first-order valence-corrected chi connectivity index (χ1v) is 8.87. The van der Waals surface area contributed by atoms with Gasteiger partial charge in [-0.25, -0.2) is 14.4 Å². The maximum atomic E-state index is 12.6. The Kier molecular flexibility index (Phi) is 4.21. The van der Waals surface area contributed by atoms with E-state index >= 15 is 0 Å². The minimum absolute atomic E-state index is 0.0228. The van der Waals surface area contributed by atoms with Gasteiger partial charge in [0.2, 0.25) is 11.5 Å². The smallest absolute Gasteiger partial charge is 0.354 e. The monoisotopic (exact) mass is 403 g/mol. The number of hydrogen-bond acceptors (Lipinski definition) is 10. The van der Waals surface area contributed by atoms with Crippen molar-refractivity contribution in [2.45, 2.75) is 37.7 Å². The topological polar surface area (TPSA) is 144 Å². The van der Waals surface area contributed by atoms with Gasteiger partial charge in [-0.05, 0) is 25.7 Å². The second kappa shape index (κ2) is 6.50. The molecular weight excluding hydrogens is 386 g/mol. The van der Waals surface area contributed by atoms with Gasteiger partial charge in [0.15, 0.2) is 11.2 Å². The second-order valence-corrected chi connectivity index (χ2v) is 7.01. The van der Waals surface area contributed by atoms with Gasteiger partial charge >= 0.3 is 23.9 Å². The minimum Gasteiger partial charge on any atom is -0.465 e. The van der Waals surface area contributed by atoms with Crippen LogP contribution < -0.4 is 15.2 Å².